The van der Waals surface area contributed by atoms with E-state index < -0.39 is 0 Å². The van der Waals surface area contributed by atoms with Gasteiger partial charge in [-0.05, 0) is 56.5 Å². The topological polar surface area (TPSA) is 29.3 Å². The van der Waals surface area contributed by atoms with Crippen LogP contribution in [-0.2, 0) is 0 Å². The normalized spacial score (nSPS) is 24.9. The molecule has 2 nitrogen and oxygen atoms in total. The van der Waals surface area contributed by atoms with Crippen molar-refractivity contribution in [2.75, 3.05) is 13.6 Å². The van der Waals surface area contributed by atoms with E-state index in [9.17, 15) is 4.39 Å². The molecule has 0 aliphatic heterocycles. The highest BCUT2D eigenvalue weighted by Crippen LogP contribution is 2.34. The molecule has 2 N–H and O–H groups in total. The van der Waals surface area contributed by atoms with Crippen molar-refractivity contribution in [2.24, 2.45) is 11.7 Å². The average Bonchev–Trinajstić information content (AvgIpc) is 2.87. The van der Waals surface area contributed by atoms with Gasteiger partial charge in [0.25, 0.3) is 0 Å². The van der Waals surface area contributed by atoms with E-state index >= 15 is 0 Å². The summed E-state index contributed by atoms with van der Waals surface area (Å²) >= 11 is 0. The zero-order chi connectivity index (χ0) is 13.8. The van der Waals surface area contributed by atoms with Crippen molar-refractivity contribution >= 4 is 0 Å². The summed E-state index contributed by atoms with van der Waals surface area (Å²) in [5, 5.41) is 0. The van der Waals surface area contributed by atoms with Crippen molar-refractivity contribution in [2.45, 2.75) is 44.7 Å². The van der Waals surface area contributed by atoms with Gasteiger partial charge in [-0.2, -0.15) is 0 Å². The molecule has 0 heterocycles. The van der Waals surface area contributed by atoms with Crippen LogP contribution in [0.5, 0.6) is 0 Å². The first-order chi connectivity index (χ1) is 9.17. The van der Waals surface area contributed by atoms with Gasteiger partial charge in [0.15, 0.2) is 0 Å². The first-order valence-corrected chi connectivity index (χ1v) is 7.34. The Morgan fingerprint density at radius 2 is 2.21 bits per heavy atom. The van der Waals surface area contributed by atoms with Crippen molar-refractivity contribution in [3.05, 3.63) is 35.6 Å². The van der Waals surface area contributed by atoms with Crippen LogP contribution in [0, 0.1) is 11.7 Å². The first kappa shape index (κ1) is 14.5. The van der Waals surface area contributed by atoms with E-state index in [1.54, 1.807) is 12.1 Å². The van der Waals surface area contributed by atoms with E-state index in [0.29, 0.717) is 12.0 Å². The van der Waals surface area contributed by atoms with E-state index in [4.69, 9.17) is 5.73 Å². The number of halogens is 1. The molecule has 1 aliphatic carbocycles. The highest BCUT2D eigenvalue weighted by atomic mass is 19.1. The van der Waals surface area contributed by atoms with Gasteiger partial charge in [-0.1, -0.05) is 25.5 Å². The summed E-state index contributed by atoms with van der Waals surface area (Å²) in [6, 6.07) is 7.83. The molecule has 1 aliphatic rings. The van der Waals surface area contributed by atoms with Gasteiger partial charge in [0.1, 0.15) is 5.82 Å². The van der Waals surface area contributed by atoms with Crippen LogP contribution in [-0.4, -0.2) is 24.5 Å². The van der Waals surface area contributed by atoms with E-state index in [0.717, 1.165) is 18.5 Å². The molecule has 1 saturated carbocycles. The second-order valence-electron chi connectivity index (χ2n) is 5.64. The maximum atomic E-state index is 13.4. The van der Waals surface area contributed by atoms with Crippen LogP contribution in [0.2, 0.25) is 0 Å². The molecular weight excluding hydrogens is 239 g/mol. The predicted octanol–water partition coefficient (Wildman–Crippen LogP) is 3.34. The summed E-state index contributed by atoms with van der Waals surface area (Å²) in [5.41, 5.74) is 6.96. The maximum Gasteiger partial charge on any atom is 0.123 e. The van der Waals surface area contributed by atoms with E-state index in [-0.39, 0.29) is 11.9 Å². The number of nitrogens with two attached hydrogens (primary N) is 1. The molecule has 0 amide bonds. The fraction of sp³-hybridized carbons (Fsp3) is 0.625. The highest BCUT2D eigenvalue weighted by molar-refractivity contribution is 5.20. The van der Waals surface area contributed by atoms with Gasteiger partial charge in [0.2, 0.25) is 0 Å². The monoisotopic (exact) mass is 264 g/mol. The van der Waals surface area contributed by atoms with Gasteiger partial charge < -0.3 is 5.73 Å². The van der Waals surface area contributed by atoms with Crippen LogP contribution in [0.3, 0.4) is 0 Å². The van der Waals surface area contributed by atoms with Crippen molar-refractivity contribution in [3.8, 4) is 0 Å². The van der Waals surface area contributed by atoms with Crippen LogP contribution in [0.15, 0.2) is 24.3 Å². The number of hydrogen-bond donors (Lipinski definition) is 1. The summed E-state index contributed by atoms with van der Waals surface area (Å²) in [7, 11) is 2.16. The molecule has 1 aromatic carbocycles. The first-order valence-electron chi connectivity index (χ1n) is 7.34. The van der Waals surface area contributed by atoms with Gasteiger partial charge in [-0.25, -0.2) is 4.39 Å². The fourth-order valence-corrected chi connectivity index (χ4v) is 3.53. The minimum atomic E-state index is -0.147. The summed E-state index contributed by atoms with van der Waals surface area (Å²) in [6.45, 7) is 2.92. The molecule has 3 atom stereocenters. The van der Waals surface area contributed by atoms with Crippen molar-refractivity contribution in [3.63, 3.8) is 0 Å². The van der Waals surface area contributed by atoms with Crippen LogP contribution in [0.4, 0.5) is 4.39 Å². The molecule has 106 valence electrons. The van der Waals surface area contributed by atoms with Gasteiger partial charge in [-0.3, -0.25) is 4.90 Å². The van der Waals surface area contributed by atoms with E-state index in [1.807, 2.05) is 6.07 Å². The Labute approximate surface area is 115 Å². The molecule has 3 heteroatoms. The van der Waals surface area contributed by atoms with Crippen LogP contribution in [0.1, 0.15) is 44.2 Å². The lowest BCUT2D eigenvalue weighted by molar-refractivity contribution is 0.138. The Balaban J connectivity index is 2.17. The standard InChI is InChI=1S/C16H25FN2/c1-3-15(12-6-4-8-14(17)10-12)19(2)16-9-5-7-13(16)11-18/h4,6,8,10,13,15-16H,3,5,7,9,11,18H2,1-2H3. The van der Waals surface area contributed by atoms with Crippen LogP contribution >= 0.6 is 0 Å². The molecule has 1 aromatic rings. The third kappa shape index (κ3) is 3.15. The fourth-order valence-electron chi connectivity index (χ4n) is 3.53. The number of nitrogens with zero attached hydrogens (tertiary/aromatic N) is 1. The van der Waals surface area contributed by atoms with Crippen molar-refractivity contribution < 1.29 is 4.39 Å². The third-order valence-electron chi connectivity index (χ3n) is 4.56. The number of rotatable bonds is 5. The average molecular weight is 264 g/mol. The summed E-state index contributed by atoms with van der Waals surface area (Å²) in [6.07, 6.45) is 4.69. The summed E-state index contributed by atoms with van der Waals surface area (Å²) < 4.78 is 13.4. The Morgan fingerprint density at radius 3 is 2.84 bits per heavy atom. The van der Waals surface area contributed by atoms with Crippen molar-refractivity contribution in [1.29, 1.82) is 0 Å². The summed E-state index contributed by atoms with van der Waals surface area (Å²) in [5.74, 6) is 0.443. The van der Waals surface area contributed by atoms with Gasteiger partial charge in [0.05, 0.1) is 0 Å². The molecule has 0 saturated heterocycles. The zero-order valence-corrected chi connectivity index (χ0v) is 12.0. The Hall–Kier alpha value is -0.930. The second kappa shape index (κ2) is 6.49. The predicted molar refractivity (Wildman–Crippen MR) is 77.4 cm³/mol. The zero-order valence-electron chi connectivity index (χ0n) is 12.0. The lowest BCUT2D eigenvalue weighted by Crippen LogP contribution is -2.39. The van der Waals surface area contributed by atoms with E-state index in [2.05, 4.69) is 18.9 Å². The Bertz CT molecular complexity index is 407. The van der Waals surface area contributed by atoms with Gasteiger partial charge in [0, 0.05) is 12.1 Å². The van der Waals surface area contributed by atoms with Crippen LogP contribution in [0.25, 0.3) is 0 Å². The minimum Gasteiger partial charge on any atom is -0.330 e. The molecular formula is C16H25FN2. The SMILES string of the molecule is CCC(c1cccc(F)c1)N(C)C1CCCC1CN. The van der Waals surface area contributed by atoms with Gasteiger partial charge in [-0.15, -0.1) is 0 Å². The third-order valence-corrected chi connectivity index (χ3v) is 4.56. The van der Waals surface area contributed by atoms with Crippen molar-refractivity contribution in [1.82, 2.24) is 4.90 Å². The minimum absolute atomic E-state index is 0.147. The number of hydrogen-bond acceptors (Lipinski definition) is 2. The molecule has 19 heavy (non-hydrogen) atoms. The van der Waals surface area contributed by atoms with Crippen LogP contribution < -0.4 is 5.73 Å². The molecule has 2 rings (SSSR count). The summed E-state index contributed by atoms with van der Waals surface area (Å²) in [4.78, 5) is 2.42. The number of benzene rings is 1. The Kier molecular flexibility index (Phi) is 4.94. The molecule has 0 radical (unpaired) electrons. The maximum absolute atomic E-state index is 13.4. The lowest BCUT2D eigenvalue weighted by Gasteiger charge is -2.36. The second-order valence-corrected chi connectivity index (χ2v) is 5.64. The molecule has 0 bridgehead atoms. The molecule has 1 fully saturated rings. The largest absolute Gasteiger partial charge is 0.330 e. The molecule has 3 unspecified atom stereocenters. The highest BCUT2D eigenvalue weighted by Gasteiger charge is 2.32. The van der Waals surface area contributed by atoms with Gasteiger partial charge >= 0.3 is 0 Å². The molecule has 0 aromatic heterocycles. The molecule has 0 spiro atoms. The quantitative estimate of drug-likeness (QED) is 0.884. The smallest absolute Gasteiger partial charge is 0.123 e. The lowest BCUT2D eigenvalue weighted by atomic mass is 9.96. The van der Waals surface area contributed by atoms with E-state index in [1.165, 1.54) is 25.3 Å². The Morgan fingerprint density at radius 1 is 1.42 bits per heavy atom.